The molecule has 0 aliphatic carbocycles. The van der Waals surface area contributed by atoms with Crippen LogP contribution in [-0.4, -0.2) is 62.8 Å². The Balaban J connectivity index is 1.27. The van der Waals surface area contributed by atoms with Crippen LogP contribution in [0.1, 0.15) is 47.8 Å². The van der Waals surface area contributed by atoms with Crippen LogP contribution >= 0.6 is 11.3 Å². The van der Waals surface area contributed by atoms with Gasteiger partial charge in [0.05, 0.1) is 11.0 Å². The second-order valence-corrected chi connectivity index (χ2v) is 10.3. The Bertz CT molecular complexity index is 1240. The first-order valence-corrected chi connectivity index (χ1v) is 13.1. The average molecular weight is 492 g/mol. The molecule has 0 bridgehead atoms. The molecule has 5 rings (SSSR count). The van der Waals surface area contributed by atoms with E-state index >= 15 is 0 Å². The SMILES string of the molecule is CCC[C@]1(C2CCN(C(=O)c3ccc4nccnc4c3)CC2)NC(=O)N(CCc2cccs2)C1=O. The molecule has 9 heteroatoms. The standard InChI is InChI=1S/C26H29N5O3S/c1-2-10-26(24(33)31(25(34)29-26)15-9-20-4-3-16-35-20)19-7-13-30(14-8-19)23(32)18-5-6-21-22(17-18)28-12-11-27-21/h3-6,11-12,16-17,19H,2,7-10,13-15H2,1H3,(H,29,34)/t26-/m1/s1. The van der Waals surface area contributed by atoms with Gasteiger partial charge in [0.25, 0.3) is 11.8 Å². The van der Waals surface area contributed by atoms with Crippen molar-refractivity contribution in [1.29, 1.82) is 0 Å². The van der Waals surface area contributed by atoms with Crippen LogP contribution in [0.25, 0.3) is 11.0 Å². The first-order chi connectivity index (χ1) is 17.0. The van der Waals surface area contributed by atoms with E-state index in [2.05, 4.69) is 15.3 Å². The number of thiophene rings is 1. The number of rotatable bonds is 7. The number of aromatic nitrogens is 2. The summed E-state index contributed by atoms with van der Waals surface area (Å²) in [6, 6.07) is 9.09. The van der Waals surface area contributed by atoms with Crippen LogP contribution in [0.15, 0.2) is 48.1 Å². The third-order valence-corrected chi connectivity index (χ3v) is 8.14. The molecule has 2 aliphatic heterocycles. The summed E-state index contributed by atoms with van der Waals surface area (Å²) >= 11 is 1.63. The number of urea groups is 1. The molecule has 2 aliphatic rings. The highest BCUT2D eigenvalue weighted by Crippen LogP contribution is 2.37. The van der Waals surface area contributed by atoms with Crippen LogP contribution < -0.4 is 5.32 Å². The van der Waals surface area contributed by atoms with Crippen LogP contribution in [0, 0.1) is 5.92 Å². The molecule has 2 saturated heterocycles. The van der Waals surface area contributed by atoms with Gasteiger partial charge in [0.15, 0.2) is 0 Å². The van der Waals surface area contributed by atoms with Crippen molar-refractivity contribution in [2.75, 3.05) is 19.6 Å². The zero-order valence-corrected chi connectivity index (χ0v) is 20.6. The lowest BCUT2D eigenvalue weighted by molar-refractivity contribution is -0.134. The number of carbonyl (C=O) groups is 3. The van der Waals surface area contributed by atoms with E-state index in [1.807, 2.05) is 35.4 Å². The molecule has 2 aromatic heterocycles. The highest BCUT2D eigenvalue weighted by Gasteiger charge is 2.55. The van der Waals surface area contributed by atoms with Crippen molar-refractivity contribution in [2.45, 2.75) is 44.6 Å². The van der Waals surface area contributed by atoms with Crippen LogP contribution in [0.4, 0.5) is 4.79 Å². The van der Waals surface area contributed by atoms with Crippen molar-refractivity contribution in [1.82, 2.24) is 25.1 Å². The zero-order chi connectivity index (χ0) is 24.4. The first-order valence-electron chi connectivity index (χ1n) is 12.2. The Morgan fingerprint density at radius 3 is 2.63 bits per heavy atom. The first kappa shape index (κ1) is 23.4. The molecule has 8 nitrogen and oxygen atoms in total. The van der Waals surface area contributed by atoms with Crippen molar-refractivity contribution < 1.29 is 14.4 Å². The summed E-state index contributed by atoms with van der Waals surface area (Å²) in [6.45, 7) is 3.52. The molecule has 4 heterocycles. The second-order valence-electron chi connectivity index (χ2n) is 9.26. The molecule has 1 aromatic carbocycles. The van der Waals surface area contributed by atoms with Gasteiger partial charge in [-0.1, -0.05) is 19.4 Å². The quantitative estimate of drug-likeness (QED) is 0.506. The number of likely N-dealkylation sites (tertiary alicyclic amines) is 1. The highest BCUT2D eigenvalue weighted by molar-refractivity contribution is 7.09. The number of amides is 4. The third-order valence-electron chi connectivity index (χ3n) is 7.20. The van der Waals surface area contributed by atoms with Crippen molar-refractivity contribution in [3.05, 3.63) is 58.5 Å². The predicted molar refractivity (Wildman–Crippen MR) is 134 cm³/mol. The van der Waals surface area contributed by atoms with Gasteiger partial charge in [-0.3, -0.25) is 24.5 Å². The van der Waals surface area contributed by atoms with E-state index in [-0.39, 0.29) is 23.8 Å². The maximum Gasteiger partial charge on any atom is 0.325 e. The van der Waals surface area contributed by atoms with E-state index in [0.29, 0.717) is 56.4 Å². The molecule has 1 atom stereocenters. The third kappa shape index (κ3) is 4.40. The maximum atomic E-state index is 13.6. The summed E-state index contributed by atoms with van der Waals surface area (Å²) < 4.78 is 0. The monoisotopic (exact) mass is 491 g/mol. The normalized spacial score (nSPS) is 21.1. The summed E-state index contributed by atoms with van der Waals surface area (Å²) in [6.07, 6.45) is 6.66. The lowest BCUT2D eigenvalue weighted by Gasteiger charge is -2.41. The molecule has 0 spiro atoms. The fourth-order valence-electron chi connectivity index (χ4n) is 5.42. The molecular formula is C26H29N5O3S. The molecule has 182 valence electrons. The Morgan fingerprint density at radius 1 is 1.14 bits per heavy atom. The van der Waals surface area contributed by atoms with Crippen LogP contribution in [0.5, 0.6) is 0 Å². The fraction of sp³-hybridized carbons (Fsp3) is 0.423. The van der Waals surface area contributed by atoms with Gasteiger partial charge < -0.3 is 10.2 Å². The molecular weight excluding hydrogens is 462 g/mol. The molecule has 35 heavy (non-hydrogen) atoms. The van der Waals surface area contributed by atoms with Gasteiger partial charge in [-0.15, -0.1) is 11.3 Å². The predicted octanol–water partition coefficient (Wildman–Crippen LogP) is 3.88. The summed E-state index contributed by atoms with van der Waals surface area (Å²) in [7, 11) is 0. The smallest absolute Gasteiger partial charge is 0.325 e. The molecule has 0 saturated carbocycles. The van der Waals surface area contributed by atoms with E-state index in [1.54, 1.807) is 35.9 Å². The van der Waals surface area contributed by atoms with Crippen molar-refractivity contribution in [3.63, 3.8) is 0 Å². The minimum Gasteiger partial charge on any atom is -0.339 e. The number of nitrogens with one attached hydrogen (secondary N) is 1. The van der Waals surface area contributed by atoms with E-state index in [9.17, 15) is 14.4 Å². The lowest BCUT2D eigenvalue weighted by Crippen LogP contribution is -2.56. The van der Waals surface area contributed by atoms with Gasteiger partial charge in [-0.2, -0.15) is 0 Å². The Labute approximate surface area is 208 Å². The van der Waals surface area contributed by atoms with E-state index < -0.39 is 5.54 Å². The molecule has 0 radical (unpaired) electrons. The Hall–Kier alpha value is -3.33. The lowest BCUT2D eigenvalue weighted by atomic mass is 9.74. The van der Waals surface area contributed by atoms with Gasteiger partial charge in [-0.25, -0.2) is 4.79 Å². The van der Waals surface area contributed by atoms with Gasteiger partial charge in [-0.05, 0) is 61.2 Å². The fourth-order valence-corrected chi connectivity index (χ4v) is 6.12. The summed E-state index contributed by atoms with van der Waals surface area (Å²) in [4.78, 5) is 52.6. The van der Waals surface area contributed by atoms with Gasteiger partial charge in [0.1, 0.15) is 5.54 Å². The van der Waals surface area contributed by atoms with Crippen molar-refractivity contribution in [2.24, 2.45) is 5.92 Å². The Kier molecular flexibility index (Phi) is 6.51. The van der Waals surface area contributed by atoms with Gasteiger partial charge in [0.2, 0.25) is 0 Å². The minimum atomic E-state index is -0.880. The number of benzene rings is 1. The number of hydrogen-bond donors (Lipinski definition) is 1. The maximum absolute atomic E-state index is 13.6. The molecule has 4 amide bonds. The molecule has 3 aromatic rings. The second kappa shape index (κ2) is 9.73. The van der Waals surface area contributed by atoms with Crippen LogP contribution in [0.3, 0.4) is 0 Å². The average Bonchev–Trinajstić information content (AvgIpc) is 3.49. The summed E-state index contributed by atoms with van der Waals surface area (Å²) in [5.74, 6) is -0.157. The number of piperidine rings is 1. The van der Waals surface area contributed by atoms with Crippen LogP contribution in [0.2, 0.25) is 0 Å². The molecule has 2 fully saturated rings. The minimum absolute atomic E-state index is 0.00263. The largest absolute Gasteiger partial charge is 0.339 e. The summed E-state index contributed by atoms with van der Waals surface area (Å²) in [5, 5.41) is 5.09. The summed E-state index contributed by atoms with van der Waals surface area (Å²) in [5.41, 5.74) is 1.15. The molecule has 1 N–H and O–H groups in total. The van der Waals surface area contributed by atoms with E-state index in [4.69, 9.17) is 0 Å². The van der Waals surface area contributed by atoms with Gasteiger partial charge >= 0.3 is 6.03 Å². The van der Waals surface area contributed by atoms with Crippen molar-refractivity contribution >= 4 is 40.2 Å². The zero-order valence-electron chi connectivity index (χ0n) is 19.8. The number of carbonyl (C=O) groups excluding carboxylic acids is 3. The number of imide groups is 1. The van der Waals surface area contributed by atoms with Gasteiger partial charge in [0, 0.05) is 42.5 Å². The van der Waals surface area contributed by atoms with E-state index in [0.717, 1.165) is 16.8 Å². The number of hydrogen-bond acceptors (Lipinski definition) is 6. The molecule has 0 unspecified atom stereocenters. The topological polar surface area (TPSA) is 95.5 Å². The van der Waals surface area contributed by atoms with Crippen molar-refractivity contribution in [3.8, 4) is 0 Å². The van der Waals surface area contributed by atoms with Crippen LogP contribution in [-0.2, 0) is 11.2 Å². The van der Waals surface area contributed by atoms with E-state index in [1.165, 1.54) is 4.90 Å². The highest BCUT2D eigenvalue weighted by atomic mass is 32.1. The Morgan fingerprint density at radius 2 is 1.91 bits per heavy atom. The number of nitrogens with zero attached hydrogens (tertiary/aromatic N) is 4. The number of fused-ring (bicyclic) bond motifs is 1.